The molecule has 9 heteroatoms. The van der Waals surface area contributed by atoms with Crippen LogP contribution >= 0.6 is 0 Å². The zero-order chi connectivity index (χ0) is 65.4. The van der Waals surface area contributed by atoms with Crippen molar-refractivity contribution in [3.05, 3.63) is 36.5 Å². The first-order valence-electron chi connectivity index (χ1n) is 39.7. The third-order valence-electron chi connectivity index (χ3n) is 18.1. The highest BCUT2D eigenvalue weighted by molar-refractivity contribution is 5.71. The van der Waals surface area contributed by atoms with E-state index in [2.05, 4.69) is 50.3 Å². The summed E-state index contributed by atoms with van der Waals surface area (Å²) in [6.45, 7) is 4.95. The van der Waals surface area contributed by atoms with Gasteiger partial charge in [-0.2, -0.15) is 0 Å². The molecule has 0 amide bonds. The number of unbranched alkanes of at least 4 members (excludes halogenated alkanes) is 54. The molecule has 0 aromatic heterocycles. The minimum atomic E-state index is -1.51. The molecule has 0 spiro atoms. The Morgan fingerprint density at radius 1 is 0.333 bits per heavy atom. The normalized spacial score (nSPS) is 12.8. The van der Waals surface area contributed by atoms with Gasteiger partial charge in [-0.25, -0.2) is 4.79 Å². The van der Waals surface area contributed by atoms with E-state index >= 15 is 0 Å². The number of carbonyl (C=O) groups is 3. The van der Waals surface area contributed by atoms with E-state index in [0.29, 0.717) is 17.4 Å². The fraction of sp³-hybridized carbons (Fsp3) is 0.889. The first kappa shape index (κ1) is 87.5. The summed E-state index contributed by atoms with van der Waals surface area (Å²) in [7, 11) is 6.00. The Balaban J connectivity index is 3.99. The second-order valence-electron chi connectivity index (χ2n) is 28.4. The summed E-state index contributed by atoms with van der Waals surface area (Å²) >= 11 is 0. The maximum atomic E-state index is 13.0. The van der Waals surface area contributed by atoms with Crippen LogP contribution in [0.5, 0.6) is 0 Å². The van der Waals surface area contributed by atoms with Crippen LogP contribution in [-0.2, 0) is 33.3 Å². The summed E-state index contributed by atoms with van der Waals surface area (Å²) in [5.74, 6) is -1.97. The topological polar surface area (TPSA) is 108 Å². The number of carboxylic acid groups (broad SMARTS) is 1. The van der Waals surface area contributed by atoms with Crippen molar-refractivity contribution in [2.45, 2.75) is 418 Å². The standard InChI is InChI=1S/C81H153NO8/c1-6-8-10-12-14-16-18-20-22-24-26-28-30-32-34-36-38-40-42-44-46-48-50-52-54-56-58-60-62-64-66-68-70-72-79(84)90-77(76-89-81(80(85)86)87-74-73-82(3,4)5)75-88-78(83)71-69-67-65-63-61-59-57-55-53-51-49-47-45-43-41-39-37-35-33-31-29-27-25-23-21-19-17-15-13-11-9-7-2/h18,20,24,26,30,32,77,81H,6-17,19,21-23,25,27-29,31,33-76H2,1-5H3/p+1/b20-18-,26-24-,32-30-. The number of aliphatic carboxylic acids is 1. The number of esters is 2. The van der Waals surface area contributed by atoms with Gasteiger partial charge in [0.15, 0.2) is 6.10 Å². The van der Waals surface area contributed by atoms with Crippen molar-refractivity contribution in [2.75, 3.05) is 47.5 Å². The van der Waals surface area contributed by atoms with Gasteiger partial charge in [0.2, 0.25) is 0 Å². The number of rotatable bonds is 75. The quantitative estimate of drug-likeness (QED) is 0.0211. The molecule has 530 valence electrons. The molecule has 0 aliphatic heterocycles. The molecule has 0 aliphatic rings. The minimum Gasteiger partial charge on any atom is -0.477 e. The van der Waals surface area contributed by atoms with Crippen LogP contribution in [0.15, 0.2) is 36.5 Å². The molecule has 0 heterocycles. The van der Waals surface area contributed by atoms with Gasteiger partial charge in [0.25, 0.3) is 6.29 Å². The fourth-order valence-electron chi connectivity index (χ4n) is 12.1. The smallest absolute Gasteiger partial charge is 0.361 e. The highest BCUT2D eigenvalue weighted by Crippen LogP contribution is 2.20. The maximum Gasteiger partial charge on any atom is 0.361 e. The predicted molar refractivity (Wildman–Crippen MR) is 387 cm³/mol. The van der Waals surface area contributed by atoms with E-state index in [-0.39, 0.29) is 38.2 Å². The van der Waals surface area contributed by atoms with Crippen LogP contribution in [0, 0.1) is 0 Å². The molecule has 0 aliphatic carbocycles. The molecule has 9 nitrogen and oxygen atoms in total. The predicted octanol–water partition coefficient (Wildman–Crippen LogP) is 25.1. The maximum absolute atomic E-state index is 13.0. The largest absolute Gasteiger partial charge is 0.477 e. The Labute approximate surface area is 560 Å². The van der Waals surface area contributed by atoms with E-state index in [9.17, 15) is 19.5 Å². The van der Waals surface area contributed by atoms with E-state index in [4.69, 9.17) is 18.9 Å². The van der Waals surface area contributed by atoms with E-state index in [0.717, 1.165) is 51.4 Å². The average molecular weight is 1270 g/mol. The van der Waals surface area contributed by atoms with Gasteiger partial charge >= 0.3 is 17.9 Å². The minimum absolute atomic E-state index is 0.175. The second kappa shape index (κ2) is 72.3. The van der Waals surface area contributed by atoms with Crippen LogP contribution in [0.2, 0.25) is 0 Å². The van der Waals surface area contributed by atoms with Crippen LogP contribution in [0.1, 0.15) is 406 Å². The van der Waals surface area contributed by atoms with Gasteiger partial charge in [-0.1, -0.05) is 378 Å². The molecule has 1 N–H and O–H groups in total. The summed E-state index contributed by atoms with van der Waals surface area (Å²) in [5, 5.41) is 9.77. The molecule has 0 bridgehead atoms. The lowest BCUT2D eigenvalue weighted by Crippen LogP contribution is -2.40. The third-order valence-corrected chi connectivity index (χ3v) is 18.1. The Bertz CT molecular complexity index is 1570. The number of ether oxygens (including phenoxy) is 4. The summed E-state index contributed by atoms with van der Waals surface area (Å²) < 4.78 is 23.1. The van der Waals surface area contributed by atoms with Crippen molar-refractivity contribution in [3.63, 3.8) is 0 Å². The molecule has 0 saturated heterocycles. The molecule has 0 rings (SSSR count). The van der Waals surface area contributed by atoms with E-state index in [1.165, 1.54) is 327 Å². The zero-order valence-corrected chi connectivity index (χ0v) is 60.8. The van der Waals surface area contributed by atoms with Crippen LogP contribution in [-0.4, -0.2) is 87.4 Å². The Morgan fingerprint density at radius 3 is 0.889 bits per heavy atom. The van der Waals surface area contributed by atoms with Crippen molar-refractivity contribution in [2.24, 2.45) is 0 Å². The molecular weight excluding hydrogens is 1110 g/mol. The average Bonchev–Trinajstić information content (AvgIpc) is 3.72. The van der Waals surface area contributed by atoms with E-state index < -0.39 is 18.4 Å². The number of carbonyl (C=O) groups excluding carboxylic acids is 2. The first-order chi connectivity index (χ1) is 44.1. The SMILES string of the molecule is CCCCCCC/C=C\C/C=C\C/C=C\CCCCCCCCCCCCCCCCCCCCC(=O)OC(COC(=O)CCCCCCCCCCCCCCCCCCCCCCCCCCCCCCCCCC)COC(OCC[N+](C)(C)C)C(=O)O. The van der Waals surface area contributed by atoms with Gasteiger partial charge in [0.05, 0.1) is 34.4 Å². The first-order valence-corrected chi connectivity index (χ1v) is 39.7. The highest BCUT2D eigenvalue weighted by Gasteiger charge is 2.25. The monoisotopic (exact) mass is 1270 g/mol. The Hall–Kier alpha value is -2.49. The number of hydrogen-bond donors (Lipinski definition) is 1. The van der Waals surface area contributed by atoms with E-state index in [1.807, 2.05) is 21.1 Å². The number of nitrogens with zero attached hydrogens (tertiary/aromatic N) is 1. The van der Waals surface area contributed by atoms with Crippen molar-refractivity contribution in [3.8, 4) is 0 Å². The number of quaternary nitrogens is 1. The second-order valence-corrected chi connectivity index (χ2v) is 28.4. The van der Waals surface area contributed by atoms with Crippen molar-refractivity contribution in [1.82, 2.24) is 0 Å². The molecule has 0 fully saturated rings. The Morgan fingerprint density at radius 2 is 0.600 bits per heavy atom. The lowest BCUT2D eigenvalue weighted by atomic mass is 10.0. The summed E-state index contributed by atoms with van der Waals surface area (Å²) in [6.07, 6.45) is 90.1. The molecule has 2 unspecified atom stereocenters. The molecule has 2 atom stereocenters. The molecule has 0 aromatic carbocycles. The third kappa shape index (κ3) is 72.9. The van der Waals surface area contributed by atoms with Gasteiger partial charge in [-0.05, 0) is 51.4 Å². The van der Waals surface area contributed by atoms with Gasteiger partial charge in [0.1, 0.15) is 13.2 Å². The van der Waals surface area contributed by atoms with Crippen molar-refractivity contribution in [1.29, 1.82) is 0 Å². The number of allylic oxidation sites excluding steroid dienone is 6. The van der Waals surface area contributed by atoms with Crippen LogP contribution in [0.4, 0.5) is 0 Å². The van der Waals surface area contributed by atoms with Crippen LogP contribution in [0.3, 0.4) is 0 Å². The van der Waals surface area contributed by atoms with Gasteiger partial charge in [-0.15, -0.1) is 0 Å². The summed E-state index contributed by atoms with van der Waals surface area (Å²) in [4.78, 5) is 37.7. The molecule has 0 saturated carbocycles. The van der Waals surface area contributed by atoms with Gasteiger partial charge < -0.3 is 28.5 Å². The molecular formula is C81H154NO8+. The molecule has 0 radical (unpaired) electrons. The zero-order valence-electron chi connectivity index (χ0n) is 60.8. The van der Waals surface area contributed by atoms with Crippen molar-refractivity contribution >= 4 is 17.9 Å². The van der Waals surface area contributed by atoms with Gasteiger partial charge in [-0.3, -0.25) is 9.59 Å². The van der Waals surface area contributed by atoms with Crippen molar-refractivity contribution < 1.29 is 42.9 Å². The van der Waals surface area contributed by atoms with Crippen LogP contribution in [0.25, 0.3) is 0 Å². The lowest BCUT2D eigenvalue weighted by molar-refractivity contribution is -0.870. The number of hydrogen-bond acceptors (Lipinski definition) is 7. The molecule has 90 heavy (non-hydrogen) atoms. The number of carboxylic acids is 1. The van der Waals surface area contributed by atoms with Gasteiger partial charge in [0, 0.05) is 12.8 Å². The van der Waals surface area contributed by atoms with E-state index in [1.54, 1.807) is 0 Å². The lowest BCUT2D eigenvalue weighted by Gasteiger charge is -2.25. The number of likely N-dealkylation sites (N-methyl/N-ethyl adjacent to an activating group) is 1. The summed E-state index contributed by atoms with van der Waals surface area (Å²) in [6, 6.07) is 0. The Kier molecular flexibility index (Phi) is 70.3. The molecule has 0 aromatic rings. The fourth-order valence-corrected chi connectivity index (χ4v) is 12.1. The summed E-state index contributed by atoms with van der Waals surface area (Å²) in [5.41, 5.74) is 0. The van der Waals surface area contributed by atoms with Crippen LogP contribution < -0.4 is 0 Å². The highest BCUT2D eigenvalue weighted by atomic mass is 16.7.